The molecule has 54 heavy (non-hydrogen) atoms. The summed E-state index contributed by atoms with van der Waals surface area (Å²) in [5.74, 6) is -1.04. The van der Waals surface area contributed by atoms with Crippen LogP contribution >= 0.6 is 0 Å². The summed E-state index contributed by atoms with van der Waals surface area (Å²) in [4.78, 5) is 46.4. The van der Waals surface area contributed by atoms with Gasteiger partial charge in [0.05, 0.1) is 0 Å². The Bertz CT molecular complexity index is 1600. The van der Waals surface area contributed by atoms with Crippen molar-refractivity contribution in [1.82, 2.24) is 49.7 Å². The van der Waals surface area contributed by atoms with Gasteiger partial charge in [-0.25, -0.2) is 0 Å². The van der Waals surface area contributed by atoms with Gasteiger partial charge in [-0.15, -0.1) is 0 Å². The molecular weight excluding hydrogens is 948 g/mol. The maximum absolute atomic E-state index is 11.4. The number of hydrogen-bond acceptors (Lipinski definition) is 8. The molecule has 0 aliphatic carbocycles. The molecular formula is C36H63N12O2Se4+. The summed E-state index contributed by atoms with van der Waals surface area (Å²) in [5.41, 5.74) is 4.41. The molecule has 4 aromatic heterocycles. The molecule has 0 aromatic carbocycles. The number of aliphatic carboxylic acids is 1. The Hall–Kier alpha value is -1.77. The number of carboxylic acids is 1. The van der Waals surface area contributed by atoms with Gasteiger partial charge in [0, 0.05) is 0 Å². The molecule has 0 aliphatic rings. The van der Waals surface area contributed by atoms with E-state index in [0.717, 1.165) is 61.4 Å². The van der Waals surface area contributed by atoms with Gasteiger partial charge in [0.15, 0.2) is 0 Å². The van der Waals surface area contributed by atoms with Crippen LogP contribution < -0.4 is 24.0 Å². The van der Waals surface area contributed by atoms with Gasteiger partial charge < -0.3 is 0 Å². The van der Waals surface area contributed by atoms with Crippen LogP contribution in [-0.4, -0.2) is 217 Å². The Kier molecular flexibility index (Phi) is 20.5. The second-order valence-electron chi connectivity index (χ2n) is 15.6. The van der Waals surface area contributed by atoms with Crippen molar-refractivity contribution >= 4 is 83.1 Å². The molecule has 0 aliphatic heterocycles. The molecule has 0 bridgehead atoms. The number of rotatable bonds is 18. The van der Waals surface area contributed by atoms with Crippen LogP contribution in [0.2, 0.25) is 0 Å². The number of aromatic nitrogens is 8. The summed E-state index contributed by atoms with van der Waals surface area (Å²) in [6.45, 7) is 13.2. The zero-order chi connectivity index (χ0) is 40.8. The molecule has 4 heterocycles. The third kappa shape index (κ3) is 17.6. The first-order valence-electron chi connectivity index (χ1n) is 18.2. The number of carbonyl (C=O) groups excluding carboxylic acids is 1. The van der Waals surface area contributed by atoms with E-state index in [4.69, 9.17) is 0 Å². The van der Waals surface area contributed by atoms with Crippen LogP contribution in [0.3, 0.4) is 0 Å². The van der Waals surface area contributed by atoms with E-state index in [9.17, 15) is 9.90 Å². The van der Waals surface area contributed by atoms with E-state index in [-0.39, 0.29) is 26.3 Å². The van der Waals surface area contributed by atoms with E-state index < -0.39 is 12.0 Å². The number of hydrogen-bond donors (Lipinski definition) is 4. The Morgan fingerprint density at radius 1 is 0.667 bits per heavy atom. The molecule has 0 saturated heterocycles. The molecule has 4 N–H and O–H groups in total. The van der Waals surface area contributed by atoms with E-state index >= 15 is 0 Å². The normalized spacial score (nSPS) is 14.2. The molecule has 14 nitrogen and oxygen atoms in total. The van der Waals surface area contributed by atoms with Crippen molar-refractivity contribution in [3.8, 4) is 0 Å². The summed E-state index contributed by atoms with van der Waals surface area (Å²) in [6, 6.07) is 1.02. The SMILES string of the molecule is CC(Cc1cnc([Se][Se]c2ncc(CC(C(=O)[O-])[N+](C)(C)C)[nH]2)[nH]1)[N+](C)(C)C.CCN(C)C(C)Cc1cnc([Se])[nH]1.CCN(C)C(C)Cc1cnc([Se])[nH]1. The Labute approximate surface area is 350 Å². The van der Waals surface area contributed by atoms with E-state index in [0.29, 0.717) is 29.0 Å². The first-order valence-corrected chi connectivity index (χ1v) is 26.0. The van der Waals surface area contributed by atoms with Gasteiger partial charge in [0.1, 0.15) is 0 Å². The maximum atomic E-state index is 11.4. The van der Waals surface area contributed by atoms with E-state index in [1.807, 2.05) is 39.7 Å². The van der Waals surface area contributed by atoms with Gasteiger partial charge in [0.2, 0.25) is 0 Å². The van der Waals surface area contributed by atoms with Crippen LogP contribution in [0.1, 0.15) is 57.4 Å². The van der Waals surface area contributed by atoms with E-state index in [1.54, 1.807) is 6.20 Å². The third-order valence-electron chi connectivity index (χ3n) is 9.61. The summed E-state index contributed by atoms with van der Waals surface area (Å²) < 4.78 is 4.94. The average molecular weight is 1010 g/mol. The van der Waals surface area contributed by atoms with Crippen molar-refractivity contribution < 1.29 is 18.9 Å². The van der Waals surface area contributed by atoms with Crippen molar-refractivity contribution in [3.05, 3.63) is 47.6 Å². The van der Waals surface area contributed by atoms with Crippen molar-refractivity contribution in [2.45, 2.75) is 84.5 Å². The van der Waals surface area contributed by atoms with Crippen molar-refractivity contribution in [1.29, 1.82) is 0 Å². The van der Waals surface area contributed by atoms with Crippen molar-refractivity contribution in [3.63, 3.8) is 0 Å². The minimum atomic E-state index is -1.04. The molecule has 0 spiro atoms. The minimum absolute atomic E-state index is 0.166. The molecule has 4 atom stereocenters. The molecule has 4 unspecified atom stereocenters. The molecule has 302 valence electrons. The Morgan fingerprint density at radius 3 is 1.35 bits per heavy atom. The van der Waals surface area contributed by atoms with Crippen LogP contribution in [0.5, 0.6) is 0 Å². The molecule has 4 rings (SSSR count). The quantitative estimate of drug-likeness (QED) is 0.0634. The molecule has 4 aromatic rings. The predicted octanol–water partition coefficient (Wildman–Crippen LogP) is -2.42. The predicted molar refractivity (Wildman–Crippen MR) is 221 cm³/mol. The fourth-order valence-electron chi connectivity index (χ4n) is 4.98. The number of nitrogens with zero attached hydrogens (tertiary/aromatic N) is 8. The fraction of sp³-hybridized carbons (Fsp3) is 0.639. The van der Waals surface area contributed by atoms with Crippen molar-refractivity contribution in [2.24, 2.45) is 0 Å². The van der Waals surface area contributed by atoms with Gasteiger partial charge in [-0.05, 0) is 0 Å². The molecule has 0 saturated carbocycles. The summed E-state index contributed by atoms with van der Waals surface area (Å²) >= 11 is 6.09. The first kappa shape index (κ1) is 48.4. The Morgan fingerprint density at radius 2 is 1.04 bits per heavy atom. The molecule has 0 fully saturated rings. The van der Waals surface area contributed by atoms with Gasteiger partial charge >= 0.3 is 353 Å². The summed E-state index contributed by atoms with van der Waals surface area (Å²) in [5, 5.41) is 11.4. The van der Waals surface area contributed by atoms with Gasteiger partial charge in [0.25, 0.3) is 0 Å². The number of likely N-dealkylation sites (N-methyl/N-ethyl adjacent to an activating group) is 4. The number of carboxylic acid groups (broad SMARTS) is 1. The first-order chi connectivity index (χ1) is 25.1. The average Bonchev–Trinajstić information content (AvgIpc) is 3.91. The number of carbonyl (C=O) groups is 1. The van der Waals surface area contributed by atoms with Crippen LogP contribution in [0.15, 0.2) is 24.8 Å². The molecule has 18 heteroatoms. The third-order valence-corrected chi connectivity index (χ3v) is 16.5. The summed E-state index contributed by atoms with van der Waals surface area (Å²) in [6.07, 6.45) is 10.9. The zero-order valence-electron chi connectivity index (χ0n) is 34.4. The van der Waals surface area contributed by atoms with Crippen LogP contribution in [0, 0.1) is 0 Å². The van der Waals surface area contributed by atoms with Crippen molar-refractivity contribution in [2.75, 3.05) is 69.5 Å². The number of nitrogens with one attached hydrogen (secondary N) is 4. The van der Waals surface area contributed by atoms with E-state index in [2.05, 4.69) is 152 Å². The second kappa shape index (κ2) is 22.8. The number of aromatic amines is 4. The van der Waals surface area contributed by atoms with Gasteiger partial charge in [-0.1, -0.05) is 0 Å². The standard InChI is InChI=1S/C18H30N6O2Se2.2C9H16N3Se/c1-12(23(2,3)4)8-13-10-19-17(21-13)27-28-18-20-11-14(22-18)9-15(16(25)26)24(5,6)7;2*1-4-12(3)7(2)5-8-6-10-9(13)11-8/h10-12,15H,8-9H2,1-7H3,(H-2,19,20,21,22,25,26);2*6-7H,4-5H2,1-3H3,(H,10,11)/p+1. The van der Waals surface area contributed by atoms with Crippen LogP contribution in [0.25, 0.3) is 0 Å². The van der Waals surface area contributed by atoms with E-state index in [1.165, 1.54) is 17.1 Å². The monoisotopic (exact) mass is 1020 g/mol. The molecule has 0 amide bonds. The Balaban J connectivity index is 0.000000321. The zero-order valence-corrected chi connectivity index (χ0v) is 41.2. The second-order valence-corrected chi connectivity index (χ2v) is 23.2. The molecule has 2 radical (unpaired) electrons. The number of H-pyrrole nitrogens is 4. The van der Waals surface area contributed by atoms with Crippen LogP contribution in [0.4, 0.5) is 0 Å². The van der Waals surface area contributed by atoms with Gasteiger partial charge in [-0.2, -0.15) is 0 Å². The van der Waals surface area contributed by atoms with Gasteiger partial charge in [-0.3, -0.25) is 0 Å². The van der Waals surface area contributed by atoms with Crippen LogP contribution in [-0.2, 0) is 30.5 Å². The topological polar surface area (TPSA) is 161 Å². The summed E-state index contributed by atoms with van der Waals surface area (Å²) in [7, 11) is 16.5. The fourth-order valence-corrected chi connectivity index (χ4v) is 10.8. The number of imidazole rings is 4. The number of quaternary nitrogens is 2.